The third-order valence-corrected chi connectivity index (χ3v) is 4.00. The minimum absolute atomic E-state index is 0.275. The molecule has 0 fully saturated rings. The number of rotatable bonds is 5. The zero-order valence-electron chi connectivity index (χ0n) is 13.0. The Morgan fingerprint density at radius 3 is 2.00 bits per heavy atom. The summed E-state index contributed by atoms with van der Waals surface area (Å²) in [6.07, 6.45) is 2.48. The second-order valence-corrected chi connectivity index (χ2v) is 6.95. The van der Waals surface area contributed by atoms with Crippen molar-refractivity contribution in [2.24, 2.45) is 0 Å². The molecule has 0 saturated heterocycles. The van der Waals surface area contributed by atoms with Crippen LogP contribution in [0.25, 0.3) is 0 Å². The van der Waals surface area contributed by atoms with Gasteiger partial charge in [0, 0.05) is 5.54 Å². The maximum Gasteiger partial charge on any atom is 0.0122 e. The molecule has 1 rings (SSSR count). The van der Waals surface area contributed by atoms with Crippen LogP contribution in [-0.4, -0.2) is 24.0 Å². The Bertz CT molecular complexity index is 346. The van der Waals surface area contributed by atoms with Crippen molar-refractivity contribution in [3.63, 3.8) is 0 Å². The third kappa shape index (κ3) is 4.45. The lowest BCUT2D eigenvalue weighted by Crippen LogP contribution is -2.39. The van der Waals surface area contributed by atoms with E-state index in [1.807, 2.05) is 0 Å². The Labute approximate surface area is 113 Å². The van der Waals surface area contributed by atoms with Gasteiger partial charge in [-0.3, -0.25) is 0 Å². The molecule has 0 heterocycles. The SMILES string of the molecule is CN(CCCC(C)(C)c1ccccc1)C(C)(C)C. The van der Waals surface area contributed by atoms with Gasteiger partial charge in [0.1, 0.15) is 0 Å². The molecular formula is C17H29N. The van der Waals surface area contributed by atoms with Crippen LogP contribution in [0.1, 0.15) is 53.0 Å². The van der Waals surface area contributed by atoms with Gasteiger partial charge in [0.25, 0.3) is 0 Å². The van der Waals surface area contributed by atoms with Crippen LogP contribution >= 0.6 is 0 Å². The molecule has 0 atom stereocenters. The molecule has 0 bridgehead atoms. The molecule has 0 aromatic heterocycles. The Hall–Kier alpha value is -0.820. The topological polar surface area (TPSA) is 3.24 Å². The van der Waals surface area contributed by atoms with E-state index in [1.54, 1.807) is 0 Å². The molecule has 0 amide bonds. The number of nitrogens with zero attached hydrogens (tertiary/aromatic N) is 1. The van der Waals surface area contributed by atoms with Gasteiger partial charge in [-0.2, -0.15) is 0 Å². The summed E-state index contributed by atoms with van der Waals surface area (Å²) in [6.45, 7) is 12.7. The summed E-state index contributed by atoms with van der Waals surface area (Å²) in [5.41, 5.74) is 2.00. The summed E-state index contributed by atoms with van der Waals surface area (Å²) in [7, 11) is 2.22. The Morgan fingerprint density at radius 1 is 0.944 bits per heavy atom. The van der Waals surface area contributed by atoms with Crippen LogP contribution in [0.2, 0.25) is 0 Å². The highest BCUT2D eigenvalue weighted by Gasteiger charge is 2.21. The molecular weight excluding hydrogens is 218 g/mol. The quantitative estimate of drug-likeness (QED) is 0.742. The van der Waals surface area contributed by atoms with Gasteiger partial charge < -0.3 is 4.90 Å². The Kier molecular flexibility index (Phi) is 4.98. The Morgan fingerprint density at radius 2 is 1.50 bits per heavy atom. The molecule has 0 saturated carbocycles. The molecule has 1 aromatic carbocycles. The smallest absolute Gasteiger partial charge is 0.0122 e. The highest BCUT2D eigenvalue weighted by molar-refractivity contribution is 5.23. The van der Waals surface area contributed by atoms with Crippen LogP contribution < -0.4 is 0 Å². The van der Waals surface area contributed by atoms with Gasteiger partial charge in [-0.05, 0) is 58.2 Å². The van der Waals surface area contributed by atoms with Crippen LogP contribution in [0.5, 0.6) is 0 Å². The minimum atomic E-state index is 0.275. The highest BCUT2D eigenvalue weighted by Crippen LogP contribution is 2.28. The van der Waals surface area contributed by atoms with Crippen molar-refractivity contribution in [2.75, 3.05) is 13.6 Å². The molecule has 18 heavy (non-hydrogen) atoms. The molecule has 1 aromatic rings. The molecule has 0 unspecified atom stereocenters. The summed E-state index contributed by atoms with van der Waals surface area (Å²) < 4.78 is 0. The van der Waals surface area contributed by atoms with Gasteiger partial charge >= 0.3 is 0 Å². The molecule has 0 aliphatic carbocycles. The van der Waals surface area contributed by atoms with E-state index in [0.717, 1.165) is 0 Å². The van der Waals surface area contributed by atoms with Crippen molar-refractivity contribution in [3.8, 4) is 0 Å². The molecule has 0 radical (unpaired) electrons. The summed E-state index contributed by atoms with van der Waals surface area (Å²) in [5, 5.41) is 0. The van der Waals surface area contributed by atoms with E-state index in [-0.39, 0.29) is 11.0 Å². The summed E-state index contributed by atoms with van der Waals surface area (Å²) >= 11 is 0. The molecule has 1 nitrogen and oxygen atoms in total. The van der Waals surface area contributed by atoms with Gasteiger partial charge in [-0.15, -0.1) is 0 Å². The van der Waals surface area contributed by atoms with Crippen molar-refractivity contribution in [2.45, 2.75) is 58.4 Å². The number of benzene rings is 1. The van der Waals surface area contributed by atoms with Gasteiger partial charge in [-0.25, -0.2) is 0 Å². The van der Waals surface area contributed by atoms with E-state index in [9.17, 15) is 0 Å². The Balaban J connectivity index is 2.49. The lowest BCUT2D eigenvalue weighted by Gasteiger charge is -2.33. The van der Waals surface area contributed by atoms with Gasteiger partial charge in [-0.1, -0.05) is 44.2 Å². The van der Waals surface area contributed by atoms with Crippen LogP contribution in [-0.2, 0) is 5.41 Å². The van der Waals surface area contributed by atoms with E-state index in [0.29, 0.717) is 0 Å². The second kappa shape index (κ2) is 5.88. The van der Waals surface area contributed by atoms with Gasteiger partial charge in [0.05, 0.1) is 0 Å². The summed E-state index contributed by atoms with van der Waals surface area (Å²) in [6, 6.07) is 10.9. The average molecular weight is 247 g/mol. The molecule has 102 valence electrons. The fourth-order valence-corrected chi connectivity index (χ4v) is 2.13. The summed E-state index contributed by atoms with van der Waals surface area (Å²) in [4.78, 5) is 2.44. The van der Waals surface area contributed by atoms with E-state index in [2.05, 4.69) is 76.9 Å². The highest BCUT2D eigenvalue weighted by atomic mass is 15.1. The van der Waals surface area contributed by atoms with E-state index in [1.165, 1.54) is 24.9 Å². The van der Waals surface area contributed by atoms with Crippen molar-refractivity contribution >= 4 is 0 Å². The fraction of sp³-hybridized carbons (Fsp3) is 0.647. The first-order valence-corrected chi connectivity index (χ1v) is 7.00. The fourth-order valence-electron chi connectivity index (χ4n) is 2.13. The maximum atomic E-state index is 2.44. The van der Waals surface area contributed by atoms with Crippen LogP contribution in [0.4, 0.5) is 0 Å². The van der Waals surface area contributed by atoms with Gasteiger partial charge in [0.15, 0.2) is 0 Å². The lowest BCUT2D eigenvalue weighted by atomic mass is 9.80. The van der Waals surface area contributed by atoms with E-state index in [4.69, 9.17) is 0 Å². The number of hydrogen-bond acceptors (Lipinski definition) is 1. The van der Waals surface area contributed by atoms with Crippen molar-refractivity contribution in [1.82, 2.24) is 4.90 Å². The van der Waals surface area contributed by atoms with Crippen LogP contribution in [0, 0.1) is 0 Å². The van der Waals surface area contributed by atoms with Gasteiger partial charge in [0.2, 0.25) is 0 Å². The predicted octanol–water partition coefficient (Wildman–Crippen LogP) is 4.47. The predicted molar refractivity (Wildman–Crippen MR) is 81.1 cm³/mol. The number of hydrogen-bond donors (Lipinski definition) is 0. The molecule has 1 heteroatoms. The maximum absolute atomic E-state index is 2.44. The van der Waals surface area contributed by atoms with Crippen molar-refractivity contribution in [1.29, 1.82) is 0 Å². The standard InChI is InChI=1S/C17H29N/c1-16(2,3)18(6)14-10-13-17(4,5)15-11-8-7-9-12-15/h7-9,11-12H,10,13-14H2,1-6H3. The first kappa shape index (κ1) is 15.2. The van der Waals surface area contributed by atoms with Crippen LogP contribution in [0.3, 0.4) is 0 Å². The molecule has 0 N–H and O–H groups in total. The second-order valence-electron chi connectivity index (χ2n) is 6.95. The minimum Gasteiger partial charge on any atom is -0.302 e. The largest absolute Gasteiger partial charge is 0.302 e. The van der Waals surface area contributed by atoms with E-state index < -0.39 is 0 Å². The molecule has 0 aliphatic heterocycles. The van der Waals surface area contributed by atoms with Crippen molar-refractivity contribution in [3.05, 3.63) is 35.9 Å². The monoisotopic (exact) mass is 247 g/mol. The van der Waals surface area contributed by atoms with Crippen molar-refractivity contribution < 1.29 is 0 Å². The van der Waals surface area contributed by atoms with Crippen LogP contribution in [0.15, 0.2) is 30.3 Å². The zero-order valence-corrected chi connectivity index (χ0v) is 13.0. The summed E-state index contributed by atoms with van der Waals surface area (Å²) in [5.74, 6) is 0. The molecule has 0 spiro atoms. The lowest BCUT2D eigenvalue weighted by molar-refractivity contribution is 0.169. The average Bonchev–Trinajstić information content (AvgIpc) is 2.28. The normalized spacial score (nSPS) is 13.1. The van der Waals surface area contributed by atoms with E-state index >= 15 is 0 Å². The molecule has 0 aliphatic rings. The first-order chi connectivity index (χ1) is 8.23. The zero-order chi connectivity index (χ0) is 13.8. The third-order valence-electron chi connectivity index (χ3n) is 4.00. The first-order valence-electron chi connectivity index (χ1n) is 7.00.